The van der Waals surface area contributed by atoms with Crippen LogP contribution in [0.1, 0.15) is 51.4 Å². The minimum absolute atomic E-state index is 0.146. The summed E-state index contributed by atoms with van der Waals surface area (Å²) in [5, 5.41) is 1.03. The Labute approximate surface area is 248 Å². The molecule has 42 heavy (non-hydrogen) atoms. The number of hydrogen-bond acceptors (Lipinski definition) is 10. The van der Waals surface area contributed by atoms with E-state index in [1.807, 2.05) is 23.1 Å². The third kappa shape index (κ3) is 5.57. The second-order valence-corrected chi connectivity index (χ2v) is 12.5. The Balaban J connectivity index is 1.28. The summed E-state index contributed by atoms with van der Waals surface area (Å²) in [4.78, 5) is 49.5. The molecular formula is C30H37N7O4S. The van der Waals surface area contributed by atoms with Gasteiger partial charge in [0.05, 0.1) is 29.3 Å². The molecule has 222 valence electrons. The van der Waals surface area contributed by atoms with Gasteiger partial charge in [0.1, 0.15) is 11.3 Å². The van der Waals surface area contributed by atoms with Crippen molar-refractivity contribution in [1.82, 2.24) is 29.4 Å². The molecule has 0 N–H and O–H groups in total. The van der Waals surface area contributed by atoms with Gasteiger partial charge in [-0.25, -0.2) is 9.97 Å². The third-order valence-electron chi connectivity index (χ3n) is 8.01. The van der Waals surface area contributed by atoms with E-state index in [-0.39, 0.29) is 5.91 Å². The van der Waals surface area contributed by atoms with Crippen LogP contribution in [0, 0.1) is 5.92 Å². The summed E-state index contributed by atoms with van der Waals surface area (Å²) in [7, 11) is 0. The van der Waals surface area contributed by atoms with Crippen LogP contribution in [0.4, 0.5) is 5.82 Å². The summed E-state index contributed by atoms with van der Waals surface area (Å²) >= 11 is 1.63. The van der Waals surface area contributed by atoms with Gasteiger partial charge in [0.25, 0.3) is 5.91 Å². The molecule has 0 saturated carbocycles. The lowest BCUT2D eigenvalue weighted by Gasteiger charge is -2.36. The Morgan fingerprint density at radius 1 is 1.05 bits per heavy atom. The second-order valence-electron chi connectivity index (χ2n) is 11.5. The fraction of sp³-hybridized carbons (Fsp3) is 0.533. The highest BCUT2D eigenvalue weighted by atomic mass is 32.1. The molecule has 2 aliphatic rings. The maximum atomic E-state index is 13.0. The number of amides is 1. The molecule has 0 atom stereocenters. The lowest BCUT2D eigenvalue weighted by molar-refractivity contribution is -0.169. The predicted molar refractivity (Wildman–Crippen MR) is 161 cm³/mol. The summed E-state index contributed by atoms with van der Waals surface area (Å²) in [6.45, 7) is 10.8. The van der Waals surface area contributed by atoms with Gasteiger partial charge in [0.2, 0.25) is 5.95 Å². The van der Waals surface area contributed by atoms with Crippen LogP contribution in [0.25, 0.3) is 27.3 Å². The second kappa shape index (κ2) is 11.6. The van der Waals surface area contributed by atoms with Crippen molar-refractivity contribution in [1.29, 1.82) is 0 Å². The number of esters is 1. The van der Waals surface area contributed by atoms with Crippen molar-refractivity contribution >= 4 is 50.4 Å². The molecule has 6 rings (SSSR count). The first-order valence-electron chi connectivity index (χ1n) is 14.7. The van der Waals surface area contributed by atoms with Crippen molar-refractivity contribution in [3.05, 3.63) is 35.1 Å². The molecule has 2 fully saturated rings. The van der Waals surface area contributed by atoms with Gasteiger partial charge in [-0.1, -0.05) is 30.4 Å². The smallest absolute Gasteiger partial charge is 0.303 e. The van der Waals surface area contributed by atoms with Gasteiger partial charge in [-0.3, -0.25) is 14.2 Å². The van der Waals surface area contributed by atoms with Crippen LogP contribution in [-0.2, 0) is 31.9 Å². The van der Waals surface area contributed by atoms with Crippen molar-refractivity contribution in [3.63, 3.8) is 0 Å². The lowest BCUT2D eigenvalue weighted by atomic mass is 9.93. The van der Waals surface area contributed by atoms with Crippen LogP contribution >= 0.6 is 11.3 Å². The van der Waals surface area contributed by atoms with E-state index >= 15 is 0 Å². The number of piperidine rings is 1. The molecule has 4 aromatic rings. The number of aromatic nitrogens is 5. The Morgan fingerprint density at radius 2 is 1.79 bits per heavy atom. The molecular weight excluding hydrogens is 554 g/mol. The lowest BCUT2D eigenvalue weighted by Crippen LogP contribution is -2.50. The number of likely N-dealkylation sites (tertiary alicyclic amines) is 1. The monoisotopic (exact) mass is 591 g/mol. The first kappa shape index (κ1) is 28.5. The van der Waals surface area contributed by atoms with Gasteiger partial charge in [-0.05, 0) is 44.7 Å². The number of morpholine rings is 1. The van der Waals surface area contributed by atoms with E-state index in [9.17, 15) is 9.59 Å². The fourth-order valence-corrected chi connectivity index (χ4v) is 6.97. The van der Waals surface area contributed by atoms with E-state index < -0.39 is 11.6 Å². The SMILES string of the molecule is CCc1nc2ccccc2n1-c1nc(N2CCOCC2)c2nc(CC3CCN(C(=O)C(C)(C)OC(C)=O)CC3)sc2n1. The third-order valence-corrected chi connectivity index (χ3v) is 8.98. The van der Waals surface area contributed by atoms with E-state index in [0.717, 1.165) is 76.8 Å². The Morgan fingerprint density at radius 3 is 2.50 bits per heavy atom. The molecule has 3 aromatic heterocycles. The summed E-state index contributed by atoms with van der Waals surface area (Å²) in [5.74, 6) is 2.18. The van der Waals surface area contributed by atoms with Gasteiger partial charge in [-0.15, -0.1) is 0 Å². The van der Waals surface area contributed by atoms with Crippen LogP contribution in [0.2, 0.25) is 0 Å². The molecule has 0 spiro atoms. The highest BCUT2D eigenvalue weighted by Crippen LogP contribution is 2.33. The zero-order valence-electron chi connectivity index (χ0n) is 24.6. The number of rotatable bonds is 7. The van der Waals surface area contributed by atoms with Gasteiger partial charge >= 0.3 is 5.97 Å². The molecule has 0 unspecified atom stereocenters. The van der Waals surface area contributed by atoms with Crippen LogP contribution in [0.5, 0.6) is 0 Å². The number of ether oxygens (including phenoxy) is 2. The van der Waals surface area contributed by atoms with Crippen LogP contribution in [-0.4, -0.2) is 86.3 Å². The van der Waals surface area contributed by atoms with E-state index in [2.05, 4.69) is 22.5 Å². The number of anilines is 1. The minimum atomic E-state index is -1.16. The highest BCUT2D eigenvalue weighted by Gasteiger charge is 2.37. The number of para-hydroxylation sites is 2. The molecule has 0 radical (unpaired) electrons. The number of hydrogen-bond donors (Lipinski definition) is 0. The molecule has 2 aliphatic heterocycles. The summed E-state index contributed by atoms with van der Waals surface area (Å²) < 4.78 is 13.0. The fourth-order valence-electron chi connectivity index (χ4n) is 5.93. The Hall–Kier alpha value is -3.64. The van der Waals surface area contributed by atoms with E-state index in [4.69, 9.17) is 29.4 Å². The first-order valence-corrected chi connectivity index (χ1v) is 15.5. The first-order chi connectivity index (χ1) is 20.2. The average Bonchev–Trinajstić information content (AvgIpc) is 3.57. The summed E-state index contributed by atoms with van der Waals surface area (Å²) in [6.07, 6.45) is 3.32. The van der Waals surface area contributed by atoms with Crippen molar-refractivity contribution in [2.45, 2.75) is 59.0 Å². The maximum absolute atomic E-state index is 13.0. The number of fused-ring (bicyclic) bond motifs is 2. The number of imidazole rings is 1. The van der Waals surface area contributed by atoms with Crippen LogP contribution < -0.4 is 4.90 Å². The molecule has 11 nitrogen and oxygen atoms in total. The number of benzene rings is 1. The standard InChI is InChI=1S/C30H37N7O4S/c1-5-23-31-21-8-6-7-9-22(21)37(23)29-33-26(35-14-16-40-17-15-35)25-27(34-29)42-24(32-25)18-20-10-12-36(13-11-20)28(39)30(3,4)41-19(2)38/h6-9,20H,5,10-18H2,1-4H3. The van der Waals surface area contributed by atoms with Crippen LogP contribution in [0.15, 0.2) is 24.3 Å². The van der Waals surface area contributed by atoms with E-state index in [1.54, 1.807) is 25.2 Å². The van der Waals surface area contributed by atoms with Gasteiger partial charge in [0.15, 0.2) is 16.2 Å². The molecule has 1 amide bonds. The van der Waals surface area contributed by atoms with Crippen molar-refractivity contribution in [3.8, 4) is 5.95 Å². The molecule has 12 heteroatoms. The van der Waals surface area contributed by atoms with Gasteiger partial charge in [0, 0.05) is 45.9 Å². The zero-order valence-corrected chi connectivity index (χ0v) is 25.4. The minimum Gasteiger partial charge on any atom is -0.450 e. The highest BCUT2D eigenvalue weighted by molar-refractivity contribution is 7.18. The zero-order chi connectivity index (χ0) is 29.4. The number of carbonyl (C=O) groups excluding carboxylic acids is 2. The topological polar surface area (TPSA) is 116 Å². The number of nitrogens with zero attached hydrogens (tertiary/aromatic N) is 7. The Kier molecular flexibility index (Phi) is 7.84. The number of carbonyl (C=O) groups is 2. The van der Waals surface area contributed by atoms with Crippen molar-refractivity contribution in [2.75, 3.05) is 44.3 Å². The average molecular weight is 592 g/mol. The summed E-state index contributed by atoms with van der Waals surface area (Å²) in [5.41, 5.74) is 1.59. The van der Waals surface area contributed by atoms with E-state index in [1.165, 1.54) is 6.92 Å². The molecule has 5 heterocycles. The van der Waals surface area contributed by atoms with E-state index in [0.29, 0.717) is 38.2 Å². The van der Waals surface area contributed by atoms with Gasteiger partial charge < -0.3 is 19.3 Å². The van der Waals surface area contributed by atoms with Crippen LogP contribution in [0.3, 0.4) is 0 Å². The molecule has 2 saturated heterocycles. The summed E-state index contributed by atoms with van der Waals surface area (Å²) in [6, 6.07) is 8.10. The molecule has 0 aliphatic carbocycles. The number of aryl methyl sites for hydroxylation is 1. The van der Waals surface area contributed by atoms with Crippen molar-refractivity contribution in [2.24, 2.45) is 5.92 Å². The normalized spacial score (nSPS) is 16.9. The Bertz CT molecular complexity index is 1620. The van der Waals surface area contributed by atoms with Crippen molar-refractivity contribution < 1.29 is 19.1 Å². The molecule has 0 bridgehead atoms. The van der Waals surface area contributed by atoms with Gasteiger partial charge in [-0.2, -0.15) is 9.97 Å². The largest absolute Gasteiger partial charge is 0.450 e. The maximum Gasteiger partial charge on any atom is 0.303 e. The molecule has 1 aromatic carbocycles. The quantitative estimate of drug-likeness (QED) is 0.295. The predicted octanol–water partition coefficient (Wildman–Crippen LogP) is 3.95. The number of thiazole rings is 1.